The van der Waals surface area contributed by atoms with Crippen LogP contribution in [0, 0.1) is 11.2 Å². The first-order chi connectivity index (χ1) is 15.8. The Hall–Kier alpha value is -2.31. The molecule has 0 amide bonds. The van der Waals surface area contributed by atoms with Gasteiger partial charge in [-0.25, -0.2) is 9.37 Å². The molecule has 2 aromatic rings. The van der Waals surface area contributed by atoms with E-state index < -0.39 is 11.9 Å². The maximum atomic E-state index is 14.0. The Bertz CT molecular complexity index is 964. The fourth-order valence-corrected chi connectivity index (χ4v) is 4.41. The summed E-state index contributed by atoms with van der Waals surface area (Å²) in [5.74, 6) is -0.250. The molecule has 2 atom stereocenters. The monoisotopic (exact) mass is 493 g/mol. The van der Waals surface area contributed by atoms with E-state index in [1.54, 1.807) is 6.20 Å². The largest absolute Gasteiger partial charge is 0.388 e. The van der Waals surface area contributed by atoms with E-state index in [1.807, 2.05) is 19.2 Å². The lowest BCUT2D eigenvalue weighted by Crippen LogP contribution is -2.24. The van der Waals surface area contributed by atoms with Gasteiger partial charge < -0.3 is 21.8 Å². The number of halogens is 3. The quantitative estimate of drug-likeness (QED) is 0.131. The molecule has 0 fully saturated rings. The van der Waals surface area contributed by atoms with Crippen molar-refractivity contribution in [3.05, 3.63) is 57.6 Å². The van der Waals surface area contributed by atoms with Crippen molar-refractivity contribution in [1.82, 2.24) is 10.3 Å². The molecule has 1 aromatic heterocycles. The molecule has 2 rings (SSSR count). The predicted molar refractivity (Wildman–Crippen MR) is 140 cm³/mol. The zero-order chi connectivity index (χ0) is 24.4. The molecule has 0 saturated carbocycles. The smallest absolute Gasteiger partial charge is 0.146 e. The van der Waals surface area contributed by atoms with E-state index in [0.717, 1.165) is 24.8 Å². The number of hydrogen-bond donors (Lipinski definition) is 4. The summed E-state index contributed by atoms with van der Waals surface area (Å²) in [6, 6.07) is 4.49. The molecule has 5 nitrogen and oxygen atoms in total. The van der Waals surface area contributed by atoms with Crippen LogP contribution >= 0.6 is 23.2 Å². The van der Waals surface area contributed by atoms with Crippen molar-refractivity contribution in [3.8, 4) is 0 Å². The summed E-state index contributed by atoms with van der Waals surface area (Å²) in [5.41, 5.74) is 8.52. The van der Waals surface area contributed by atoms with Crippen molar-refractivity contribution in [1.29, 1.82) is 5.41 Å². The molecule has 180 valence electrons. The number of aromatic nitrogens is 1. The van der Waals surface area contributed by atoms with Gasteiger partial charge in [-0.1, -0.05) is 62.7 Å². The highest BCUT2D eigenvalue weighted by Gasteiger charge is 2.18. The second-order valence-corrected chi connectivity index (χ2v) is 8.96. The molecule has 1 aromatic carbocycles. The molecule has 0 aliphatic carbocycles. The predicted octanol–water partition coefficient (Wildman–Crippen LogP) is 7.61. The Balaban J connectivity index is 2.24. The first kappa shape index (κ1) is 26.9. The normalized spacial score (nSPS) is 13.5. The minimum atomic E-state index is -0.537. The van der Waals surface area contributed by atoms with Crippen LogP contribution < -0.4 is 16.4 Å². The number of nitrogens with two attached hydrogens (primary N) is 1. The van der Waals surface area contributed by atoms with Crippen molar-refractivity contribution in [2.45, 2.75) is 71.4 Å². The van der Waals surface area contributed by atoms with Crippen LogP contribution in [0.2, 0.25) is 10.0 Å². The van der Waals surface area contributed by atoms with Crippen molar-refractivity contribution >= 4 is 46.5 Å². The Labute approximate surface area is 206 Å². The average molecular weight is 494 g/mol. The summed E-state index contributed by atoms with van der Waals surface area (Å²) in [6.45, 7) is 6.20. The summed E-state index contributed by atoms with van der Waals surface area (Å²) < 4.78 is 14.0. The van der Waals surface area contributed by atoms with Crippen LogP contribution in [0.3, 0.4) is 0 Å². The summed E-state index contributed by atoms with van der Waals surface area (Å²) >= 11 is 12.4. The third-order valence-electron chi connectivity index (χ3n) is 5.56. The minimum absolute atomic E-state index is 0.0282. The number of hydrogen-bond acceptors (Lipinski definition) is 5. The number of rotatable bonds is 13. The van der Waals surface area contributed by atoms with Crippen LogP contribution in [-0.4, -0.2) is 17.2 Å². The lowest BCUT2D eigenvalue weighted by molar-refractivity contribution is 0.475. The topological polar surface area (TPSA) is 86.8 Å². The van der Waals surface area contributed by atoms with Crippen LogP contribution in [0.5, 0.6) is 0 Å². The SMILES string of the molecule is CCCCCC(CCC)N/C=C(\C=N)c1cnc(N)c(NC(C)c2c(Cl)ccc(F)c2Cl)c1. The van der Waals surface area contributed by atoms with Gasteiger partial charge in [0.1, 0.15) is 11.6 Å². The standard InChI is InChI=1S/C25H34Cl2FN5/c1-4-6-7-9-19(8-5-2)31-15-18(13-29)17-12-22(25(30)32-14-17)33-16(3)23-20(26)10-11-21(28)24(23)27/h10-16,19,29,31,33H,4-9H2,1-3H3,(H2,30,32)/b18-15+,29-13?. The molecular formula is C25H34Cl2FN5. The number of benzene rings is 1. The summed E-state index contributed by atoms with van der Waals surface area (Å²) in [6.07, 6.45) is 11.7. The highest BCUT2D eigenvalue weighted by atomic mass is 35.5. The van der Waals surface area contributed by atoms with Crippen molar-refractivity contribution in [3.63, 3.8) is 0 Å². The highest BCUT2D eigenvalue weighted by Crippen LogP contribution is 2.35. The van der Waals surface area contributed by atoms with E-state index >= 15 is 0 Å². The summed E-state index contributed by atoms with van der Waals surface area (Å²) in [7, 11) is 0. The Kier molecular flexibility index (Phi) is 10.9. The molecule has 0 aliphatic heterocycles. The third kappa shape index (κ3) is 7.61. The van der Waals surface area contributed by atoms with E-state index in [4.69, 9.17) is 34.3 Å². The molecule has 5 N–H and O–H groups in total. The molecule has 2 unspecified atom stereocenters. The highest BCUT2D eigenvalue weighted by molar-refractivity contribution is 6.36. The average Bonchev–Trinajstić information content (AvgIpc) is 2.79. The number of nitrogen functional groups attached to an aromatic ring is 1. The van der Waals surface area contributed by atoms with Gasteiger partial charge >= 0.3 is 0 Å². The Morgan fingerprint density at radius 2 is 1.97 bits per heavy atom. The molecule has 1 heterocycles. The molecule has 0 saturated heterocycles. The molecule has 8 heteroatoms. The van der Waals surface area contributed by atoms with Crippen LogP contribution in [0.15, 0.2) is 30.6 Å². The minimum Gasteiger partial charge on any atom is -0.388 e. The lowest BCUT2D eigenvalue weighted by atomic mass is 10.0. The van der Waals surface area contributed by atoms with Crippen LogP contribution in [0.1, 0.15) is 76.5 Å². The molecular weight excluding hydrogens is 460 g/mol. The van der Waals surface area contributed by atoms with Gasteiger partial charge in [0.05, 0.1) is 16.8 Å². The summed E-state index contributed by atoms with van der Waals surface area (Å²) in [5, 5.41) is 14.9. The maximum Gasteiger partial charge on any atom is 0.146 e. The zero-order valence-electron chi connectivity index (χ0n) is 19.5. The molecule has 0 radical (unpaired) electrons. The summed E-state index contributed by atoms with van der Waals surface area (Å²) in [4.78, 5) is 4.28. The number of pyridine rings is 1. The molecule has 0 aliphatic rings. The van der Waals surface area contributed by atoms with Crippen LogP contribution in [0.25, 0.3) is 5.57 Å². The first-order valence-corrected chi connectivity index (χ1v) is 12.2. The Morgan fingerprint density at radius 3 is 2.64 bits per heavy atom. The number of nitrogens with zero attached hydrogens (tertiary/aromatic N) is 1. The third-order valence-corrected chi connectivity index (χ3v) is 6.27. The second kappa shape index (κ2) is 13.4. The lowest BCUT2D eigenvalue weighted by Gasteiger charge is -2.20. The van der Waals surface area contributed by atoms with Crippen molar-refractivity contribution in [2.24, 2.45) is 0 Å². The molecule has 33 heavy (non-hydrogen) atoms. The van der Waals surface area contributed by atoms with E-state index in [2.05, 4.69) is 29.5 Å². The second-order valence-electron chi connectivity index (χ2n) is 8.17. The number of anilines is 2. The van der Waals surface area contributed by atoms with Gasteiger partial charge in [0.15, 0.2) is 0 Å². The van der Waals surface area contributed by atoms with Crippen LogP contribution in [-0.2, 0) is 0 Å². The number of unbranched alkanes of at least 4 members (excludes halogenated alkanes) is 2. The van der Waals surface area contributed by atoms with Crippen molar-refractivity contribution < 1.29 is 4.39 Å². The van der Waals surface area contributed by atoms with Crippen LogP contribution in [0.4, 0.5) is 15.9 Å². The fraction of sp³-hybridized carbons (Fsp3) is 0.440. The number of allylic oxidation sites excluding steroid dienone is 1. The van der Waals surface area contributed by atoms with Gasteiger partial charge in [0.25, 0.3) is 0 Å². The zero-order valence-corrected chi connectivity index (χ0v) is 21.0. The van der Waals surface area contributed by atoms with Gasteiger partial charge in [-0.15, -0.1) is 0 Å². The molecule has 0 spiro atoms. The number of nitrogens with one attached hydrogen (secondary N) is 3. The van der Waals surface area contributed by atoms with E-state index in [0.29, 0.717) is 27.9 Å². The first-order valence-electron chi connectivity index (χ1n) is 11.4. The molecule has 0 bridgehead atoms. The van der Waals surface area contributed by atoms with Gasteiger partial charge in [0, 0.05) is 46.4 Å². The fourth-order valence-electron chi connectivity index (χ4n) is 3.71. The van der Waals surface area contributed by atoms with Crippen molar-refractivity contribution in [2.75, 3.05) is 11.1 Å². The Morgan fingerprint density at radius 1 is 1.21 bits per heavy atom. The maximum absolute atomic E-state index is 14.0. The van der Waals surface area contributed by atoms with Gasteiger partial charge in [-0.2, -0.15) is 0 Å². The van der Waals surface area contributed by atoms with E-state index in [1.165, 1.54) is 37.6 Å². The van der Waals surface area contributed by atoms with E-state index in [9.17, 15) is 4.39 Å². The van der Waals surface area contributed by atoms with Gasteiger partial charge in [0.2, 0.25) is 0 Å². The van der Waals surface area contributed by atoms with Gasteiger partial charge in [-0.05, 0) is 38.0 Å². The van der Waals surface area contributed by atoms with E-state index in [-0.39, 0.29) is 10.8 Å². The van der Waals surface area contributed by atoms with Gasteiger partial charge in [-0.3, -0.25) is 0 Å².